The Labute approximate surface area is 169 Å². The standard InChI is InChI=1S/C18H10Cl2N2O4S/c19-10-2-3-13(12(20)7-10)22-17(24)11(16(23)21-18(22)27)5-9-1-4-14-15(6-9)26-8-25-14/h1-7H,8H2,(H,21,23,27). The molecule has 2 heterocycles. The van der Waals surface area contributed by atoms with Gasteiger partial charge in [0.25, 0.3) is 11.8 Å². The van der Waals surface area contributed by atoms with Gasteiger partial charge in [-0.25, -0.2) is 0 Å². The van der Waals surface area contributed by atoms with Gasteiger partial charge in [0, 0.05) is 5.02 Å². The van der Waals surface area contributed by atoms with Gasteiger partial charge in [0.1, 0.15) is 5.57 Å². The molecule has 6 nitrogen and oxygen atoms in total. The Hall–Kier alpha value is -2.61. The monoisotopic (exact) mass is 420 g/mol. The van der Waals surface area contributed by atoms with Crippen LogP contribution in [0.1, 0.15) is 5.56 Å². The number of anilines is 1. The van der Waals surface area contributed by atoms with Crippen molar-refractivity contribution in [3.63, 3.8) is 0 Å². The van der Waals surface area contributed by atoms with Gasteiger partial charge in [0.2, 0.25) is 6.79 Å². The minimum absolute atomic E-state index is 0.0583. The molecule has 0 saturated carbocycles. The van der Waals surface area contributed by atoms with E-state index in [1.54, 1.807) is 30.3 Å². The van der Waals surface area contributed by atoms with Gasteiger partial charge in [-0.15, -0.1) is 0 Å². The Morgan fingerprint density at radius 1 is 1.07 bits per heavy atom. The minimum atomic E-state index is -0.594. The van der Waals surface area contributed by atoms with Crippen molar-refractivity contribution in [2.45, 2.75) is 0 Å². The highest BCUT2D eigenvalue weighted by atomic mass is 35.5. The van der Waals surface area contributed by atoms with Crippen molar-refractivity contribution in [1.29, 1.82) is 0 Å². The van der Waals surface area contributed by atoms with Crippen molar-refractivity contribution in [2.75, 3.05) is 11.7 Å². The zero-order valence-electron chi connectivity index (χ0n) is 13.5. The molecule has 9 heteroatoms. The summed E-state index contributed by atoms with van der Waals surface area (Å²) in [4.78, 5) is 26.5. The lowest BCUT2D eigenvalue weighted by Crippen LogP contribution is -2.54. The van der Waals surface area contributed by atoms with Gasteiger partial charge in [-0.2, -0.15) is 0 Å². The molecule has 0 radical (unpaired) electrons. The van der Waals surface area contributed by atoms with Gasteiger partial charge in [-0.05, 0) is 54.2 Å². The molecule has 1 saturated heterocycles. The second kappa shape index (κ2) is 6.84. The Balaban J connectivity index is 1.73. The number of amides is 2. The molecule has 2 amide bonds. The Bertz CT molecular complexity index is 1040. The number of carbonyl (C=O) groups excluding carboxylic acids is 2. The highest BCUT2D eigenvalue weighted by Crippen LogP contribution is 2.34. The topological polar surface area (TPSA) is 67.9 Å². The Kier molecular flexibility index (Phi) is 4.51. The normalized spacial score (nSPS) is 17.5. The third-order valence-corrected chi connectivity index (χ3v) is 4.78. The first-order valence-corrected chi connectivity index (χ1v) is 8.86. The predicted octanol–water partition coefficient (Wildman–Crippen LogP) is 3.55. The number of thiocarbonyl (C=S) groups is 1. The molecule has 0 spiro atoms. The van der Waals surface area contributed by atoms with Crippen LogP contribution in [-0.4, -0.2) is 23.7 Å². The van der Waals surface area contributed by atoms with E-state index < -0.39 is 11.8 Å². The van der Waals surface area contributed by atoms with Crippen LogP contribution in [0.5, 0.6) is 11.5 Å². The molecule has 2 aliphatic heterocycles. The van der Waals surface area contributed by atoms with E-state index >= 15 is 0 Å². The summed E-state index contributed by atoms with van der Waals surface area (Å²) in [7, 11) is 0. The summed E-state index contributed by atoms with van der Waals surface area (Å²) < 4.78 is 10.6. The number of fused-ring (bicyclic) bond motifs is 1. The van der Waals surface area contributed by atoms with Crippen molar-refractivity contribution in [1.82, 2.24) is 5.32 Å². The molecule has 0 unspecified atom stereocenters. The fraction of sp³-hybridized carbons (Fsp3) is 0.0556. The van der Waals surface area contributed by atoms with Crippen LogP contribution in [0.25, 0.3) is 6.08 Å². The van der Waals surface area contributed by atoms with Crippen molar-refractivity contribution < 1.29 is 19.1 Å². The number of benzene rings is 2. The van der Waals surface area contributed by atoms with Gasteiger partial charge in [-0.1, -0.05) is 29.3 Å². The first-order chi connectivity index (χ1) is 12.9. The molecular weight excluding hydrogens is 411 g/mol. The third-order valence-electron chi connectivity index (χ3n) is 3.96. The molecule has 1 N–H and O–H groups in total. The molecule has 2 aromatic carbocycles. The van der Waals surface area contributed by atoms with E-state index in [0.717, 1.165) is 4.90 Å². The highest BCUT2D eigenvalue weighted by molar-refractivity contribution is 7.80. The maximum atomic E-state index is 13.0. The van der Waals surface area contributed by atoms with Crippen LogP contribution in [0.4, 0.5) is 5.69 Å². The van der Waals surface area contributed by atoms with Crippen LogP contribution in [-0.2, 0) is 9.59 Å². The van der Waals surface area contributed by atoms with Crippen molar-refractivity contribution in [3.05, 3.63) is 57.6 Å². The average Bonchev–Trinajstić information content (AvgIpc) is 3.08. The lowest BCUT2D eigenvalue weighted by atomic mass is 10.1. The first kappa shape index (κ1) is 17.8. The van der Waals surface area contributed by atoms with Crippen LogP contribution in [0.15, 0.2) is 42.0 Å². The van der Waals surface area contributed by atoms with E-state index in [-0.39, 0.29) is 22.5 Å². The average molecular weight is 421 g/mol. The smallest absolute Gasteiger partial charge is 0.270 e. The van der Waals surface area contributed by atoms with E-state index in [0.29, 0.717) is 27.8 Å². The zero-order valence-corrected chi connectivity index (χ0v) is 15.8. The molecular formula is C18H10Cl2N2O4S. The van der Waals surface area contributed by atoms with Crippen LogP contribution >= 0.6 is 35.4 Å². The van der Waals surface area contributed by atoms with Crippen LogP contribution in [0, 0.1) is 0 Å². The Morgan fingerprint density at radius 3 is 2.63 bits per heavy atom. The summed E-state index contributed by atoms with van der Waals surface area (Å²) in [6.45, 7) is 0.131. The third kappa shape index (κ3) is 3.25. The number of hydrogen-bond donors (Lipinski definition) is 1. The van der Waals surface area contributed by atoms with E-state index in [1.807, 2.05) is 0 Å². The number of ether oxygens (including phenoxy) is 2. The number of halogens is 2. The number of rotatable bonds is 2. The molecule has 4 rings (SSSR count). The van der Waals surface area contributed by atoms with Crippen LogP contribution < -0.4 is 19.7 Å². The first-order valence-electron chi connectivity index (χ1n) is 7.70. The lowest BCUT2D eigenvalue weighted by Gasteiger charge is -2.29. The number of carbonyl (C=O) groups is 2. The molecule has 136 valence electrons. The molecule has 27 heavy (non-hydrogen) atoms. The molecule has 2 aliphatic rings. The second-order valence-electron chi connectivity index (χ2n) is 5.67. The molecule has 0 aliphatic carbocycles. The SMILES string of the molecule is O=C1NC(=S)N(c2ccc(Cl)cc2Cl)C(=O)C1=Cc1ccc2c(c1)OCO2. The largest absolute Gasteiger partial charge is 0.454 e. The predicted molar refractivity (Wildman–Crippen MR) is 105 cm³/mol. The number of nitrogens with zero attached hydrogens (tertiary/aromatic N) is 1. The van der Waals surface area contributed by atoms with E-state index in [2.05, 4.69) is 5.32 Å². The van der Waals surface area contributed by atoms with Crippen molar-refractivity contribution in [2.24, 2.45) is 0 Å². The minimum Gasteiger partial charge on any atom is -0.454 e. The number of nitrogens with one attached hydrogen (secondary N) is 1. The summed E-state index contributed by atoms with van der Waals surface area (Å²) in [5.41, 5.74) is 0.842. The summed E-state index contributed by atoms with van der Waals surface area (Å²) in [5, 5.41) is 3.10. The quantitative estimate of drug-likeness (QED) is 0.457. The lowest BCUT2D eigenvalue weighted by molar-refractivity contribution is -0.122. The maximum Gasteiger partial charge on any atom is 0.270 e. The fourth-order valence-corrected chi connectivity index (χ4v) is 3.48. The van der Waals surface area contributed by atoms with Crippen LogP contribution in [0.2, 0.25) is 10.0 Å². The van der Waals surface area contributed by atoms with Gasteiger partial charge < -0.3 is 9.47 Å². The van der Waals surface area contributed by atoms with Gasteiger partial charge in [-0.3, -0.25) is 19.8 Å². The van der Waals surface area contributed by atoms with Crippen LogP contribution in [0.3, 0.4) is 0 Å². The summed E-state index contributed by atoms with van der Waals surface area (Å²) >= 11 is 17.3. The van der Waals surface area contributed by atoms with E-state index in [1.165, 1.54) is 12.1 Å². The number of hydrogen-bond acceptors (Lipinski definition) is 5. The fourth-order valence-electron chi connectivity index (χ4n) is 2.71. The molecule has 2 aromatic rings. The summed E-state index contributed by atoms with van der Waals surface area (Å²) in [6, 6.07) is 9.74. The van der Waals surface area contributed by atoms with Crippen molar-refractivity contribution in [3.8, 4) is 11.5 Å². The van der Waals surface area contributed by atoms with Gasteiger partial charge in [0.05, 0.1) is 10.7 Å². The Morgan fingerprint density at radius 2 is 1.85 bits per heavy atom. The molecule has 0 aromatic heterocycles. The van der Waals surface area contributed by atoms with Crippen molar-refractivity contribution >= 4 is 64.1 Å². The summed E-state index contributed by atoms with van der Waals surface area (Å²) in [5.74, 6) is -0.0388. The zero-order chi connectivity index (χ0) is 19.1. The molecule has 0 atom stereocenters. The van der Waals surface area contributed by atoms with Gasteiger partial charge in [0.15, 0.2) is 16.6 Å². The maximum absolute atomic E-state index is 13.0. The highest BCUT2D eigenvalue weighted by Gasteiger charge is 2.35. The summed E-state index contributed by atoms with van der Waals surface area (Å²) in [6.07, 6.45) is 1.46. The van der Waals surface area contributed by atoms with E-state index in [4.69, 9.17) is 44.9 Å². The molecule has 0 bridgehead atoms. The molecule has 1 fully saturated rings. The van der Waals surface area contributed by atoms with Gasteiger partial charge >= 0.3 is 0 Å². The second-order valence-corrected chi connectivity index (χ2v) is 6.90. The van der Waals surface area contributed by atoms with E-state index in [9.17, 15) is 9.59 Å².